The van der Waals surface area contributed by atoms with Crippen LogP contribution in [0.5, 0.6) is 0 Å². The summed E-state index contributed by atoms with van der Waals surface area (Å²) in [6.07, 6.45) is 0. The van der Waals surface area contributed by atoms with Gasteiger partial charge in [-0.3, -0.25) is 0 Å². The summed E-state index contributed by atoms with van der Waals surface area (Å²) < 4.78 is 0. The molecule has 0 saturated carbocycles. The zero-order chi connectivity index (χ0) is 30.4. The van der Waals surface area contributed by atoms with Gasteiger partial charge in [-0.25, -0.2) is 9.97 Å². The Hall–Kier alpha value is -5.38. The molecule has 2 nitrogen and oxygen atoms in total. The van der Waals surface area contributed by atoms with E-state index >= 15 is 0 Å². The topological polar surface area (TPSA) is 25.8 Å². The molecule has 0 saturated heterocycles. The summed E-state index contributed by atoms with van der Waals surface area (Å²) in [4.78, 5) is 10.2. The van der Waals surface area contributed by atoms with E-state index in [0.29, 0.717) is 0 Å². The molecule has 0 radical (unpaired) electrons. The van der Waals surface area contributed by atoms with Gasteiger partial charge in [0, 0.05) is 16.7 Å². The number of hydrogen-bond donors (Lipinski definition) is 0. The Kier molecular flexibility index (Phi) is 6.62. The van der Waals surface area contributed by atoms with Gasteiger partial charge in [-0.15, -0.1) is 0 Å². The molecule has 7 aromatic rings. The van der Waals surface area contributed by atoms with Gasteiger partial charge < -0.3 is 0 Å². The monoisotopic (exact) mass is 592 g/mol. The maximum absolute atomic E-state index is 5.11. The van der Waals surface area contributed by atoms with Gasteiger partial charge in [0.15, 0.2) is 5.82 Å². The summed E-state index contributed by atoms with van der Waals surface area (Å²) in [6, 6.07) is 56.2. The SMILES string of the molecule is C[Si]1(C)c2ccccc2-c2cc(-c3ccc(-c4ccccc4-c4nc(-c5ccccc5)cc(-c5ccccc5)n4)cc3)ccc21. The zero-order valence-corrected chi connectivity index (χ0v) is 26.4. The first-order valence-corrected chi connectivity index (χ1v) is 18.5. The van der Waals surface area contributed by atoms with Gasteiger partial charge in [0.2, 0.25) is 0 Å². The number of aromatic nitrogens is 2. The van der Waals surface area contributed by atoms with E-state index in [0.717, 1.165) is 45.0 Å². The zero-order valence-electron chi connectivity index (χ0n) is 25.4. The Morgan fingerprint density at radius 1 is 0.356 bits per heavy atom. The lowest BCUT2D eigenvalue weighted by molar-refractivity contribution is 1.18. The lowest BCUT2D eigenvalue weighted by atomic mass is 9.95. The van der Waals surface area contributed by atoms with E-state index in [2.05, 4.69) is 159 Å². The van der Waals surface area contributed by atoms with E-state index in [1.54, 1.807) is 0 Å². The number of nitrogens with zero attached hydrogens (tertiary/aromatic N) is 2. The molecule has 0 bridgehead atoms. The smallest absolute Gasteiger partial charge is 0.161 e. The van der Waals surface area contributed by atoms with Crippen molar-refractivity contribution in [2.75, 3.05) is 0 Å². The fourth-order valence-electron chi connectivity index (χ4n) is 6.75. The molecule has 1 aliphatic heterocycles. The van der Waals surface area contributed by atoms with Crippen molar-refractivity contribution in [3.05, 3.63) is 158 Å². The summed E-state index contributed by atoms with van der Waals surface area (Å²) in [5.41, 5.74) is 12.5. The molecule has 0 unspecified atom stereocenters. The highest BCUT2D eigenvalue weighted by molar-refractivity contribution is 7.03. The van der Waals surface area contributed by atoms with E-state index in [-0.39, 0.29) is 0 Å². The van der Waals surface area contributed by atoms with E-state index in [1.165, 1.54) is 32.6 Å². The molecule has 0 amide bonds. The summed E-state index contributed by atoms with van der Waals surface area (Å²) in [7, 11) is -1.66. The van der Waals surface area contributed by atoms with Crippen molar-refractivity contribution >= 4 is 18.4 Å². The average molecular weight is 593 g/mol. The average Bonchev–Trinajstić information content (AvgIpc) is 3.34. The molecule has 1 aromatic heterocycles. The van der Waals surface area contributed by atoms with Crippen LogP contribution >= 0.6 is 0 Å². The molecule has 1 aliphatic rings. The Bertz CT molecular complexity index is 2110. The van der Waals surface area contributed by atoms with Crippen LogP contribution in [-0.2, 0) is 0 Å². The first-order valence-electron chi connectivity index (χ1n) is 15.5. The maximum atomic E-state index is 5.11. The highest BCUT2D eigenvalue weighted by Gasteiger charge is 2.37. The quantitative estimate of drug-likeness (QED) is 0.186. The Morgan fingerprint density at radius 2 is 0.844 bits per heavy atom. The van der Waals surface area contributed by atoms with Gasteiger partial charge in [0.1, 0.15) is 8.07 Å². The Morgan fingerprint density at radius 3 is 1.49 bits per heavy atom. The second-order valence-corrected chi connectivity index (χ2v) is 16.6. The molecule has 0 N–H and O–H groups in total. The molecular formula is C42H32N2Si. The first-order chi connectivity index (χ1) is 22.1. The molecule has 2 heterocycles. The van der Waals surface area contributed by atoms with Gasteiger partial charge in [-0.05, 0) is 55.9 Å². The van der Waals surface area contributed by atoms with Crippen molar-refractivity contribution < 1.29 is 0 Å². The first kappa shape index (κ1) is 27.2. The van der Waals surface area contributed by atoms with Crippen LogP contribution in [-0.4, -0.2) is 18.0 Å². The molecule has 3 heteroatoms. The molecule has 0 aliphatic carbocycles. The minimum absolute atomic E-state index is 0.721. The van der Waals surface area contributed by atoms with Crippen LogP contribution in [0, 0.1) is 0 Å². The third kappa shape index (κ3) is 4.82. The van der Waals surface area contributed by atoms with Crippen LogP contribution in [0.2, 0.25) is 13.1 Å². The van der Waals surface area contributed by atoms with E-state index in [4.69, 9.17) is 9.97 Å². The van der Waals surface area contributed by atoms with Crippen LogP contribution in [0.4, 0.5) is 0 Å². The second kappa shape index (κ2) is 11.0. The van der Waals surface area contributed by atoms with Crippen LogP contribution in [0.25, 0.3) is 67.3 Å². The highest BCUT2D eigenvalue weighted by Crippen LogP contribution is 2.36. The van der Waals surface area contributed by atoms with Gasteiger partial charge in [-0.1, -0.05) is 159 Å². The van der Waals surface area contributed by atoms with Crippen molar-refractivity contribution in [3.8, 4) is 67.3 Å². The van der Waals surface area contributed by atoms with E-state index < -0.39 is 8.07 Å². The molecule has 0 atom stereocenters. The van der Waals surface area contributed by atoms with E-state index in [9.17, 15) is 0 Å². The summed E-state index contributed by atoms with van der Waals surface area (Å²) in [6.45, 7) is 4.93. The van der Waals surface area contributed by atoms with Gasteiger partial charge in [0.05, 0.1) is 11.4 Å². The minimum Gasteiger partial charge on any atom is -0.228 e. The van der Waals surface area contributed by atoms with Crippen molar-refractivity contribution in [2.24, 2.45) is 0 Å². The maximum Gasteiger partial charge on any atom is 0.161 e. The molecule has 214 valence electrons. The van der Waals surface area contributed by atoms with Gasteiger partial charge in [-0.2, -0.15) is 0 Å². The molecule has 0 fully saturated rings. The summed E-state index contributed by atoms with van der Waals surface area (Å²) in [5.74, 6) is 0.721. The van der Waals surface area contributed by atoms with Crippen molar-refractivity contribution in [2.45, 2.75) is 13.1 Å². The largest absolute Gasteiger partial charge is 0.228 e. The predicted molar refractivity (Wildman–Crippen MR) is 191 cm³/mol. The Labute approximate surface area is 265 Å². The molecule has 45 heavy (non-hydrogen) atoms. The van der Waals surface area contributed by atoms with Gasteiger partial charge in [0.25, 0.3) is 0 Å². The van der Waals surface area contributed by atoms with Crippen molar-refractivity contribution in [3.63, 3.8) is 0 Å². The highest BCUT2D eigenvalue weighted by atomic mass is 28.3. The lowest BCUT2D eigenvalue weighted by Crippen LogP contribution is -2.49. The number of rotatable bonds is 5. The minimum atomic E-state index is -1.66. The Balaban J connectivity index is 1.19. The molecular weight excluding hydrogens is 561 g/mol. The van der Waals surface area contributed by atoms with Crippen LogP contribution in [0.3, 0.4) is 0 Å². The fourth-order valence-corrected chi connectivity index (χ4v) is 9.83. The standard InChI is InChI=1S/C42H32N2Si/c1-45(2)40-20-12-11-18-35(40)37-27-33(25-26-41(37)45)29-21-23-30(24-22-29)34-17-9-10-19-36(34)42-43-38(31-13-5-3-6-14-31)28-39(44-42)32-15-7-4-8-16-32/h3-28H,1-2H3. The molecule has 0 spiro atoms. The van der Waals surface area contributed by atoms with Crippen LogP contribution in [0.15, 0.2) is 158 Å². The number of fused-ring (bicyclic) bond motifs is 3. The fraction of sp³-hybridized carbons (Fsp3) is 0.0476. The molecule has 6 aromatic carbocycles. The third-order valence-electron chi connectivity index (χ3n) is 9.15. The number of benzene rings is 6. The normalized spacial score (nSPS) is 12.8. The lowest BCUT2D eigenvalue weighted by Gasteiger charge is -2.18. The summed E-state index contributed by atoms with van der Waals surface area (Å²) in [5, 5.41) is 3.07. The van der Waals surface area contributed by atoms with Crippen LogP contribution in [0.1, 0.15) is 0 Å². The van der Waals surface area contributed by atoms with Crippen LogP contribution < -0.4 is 10.4 Å². The third-order valence-corrected chi connectivity index (χ3v) is 12.7. The molecule has 8 rings (SSSR count). The van der Waals surface area contributed by atoms with Crippen molar-refractivity contribution in [1.82, 2.24) is 9.97 Å². The summed E-state index contributed by atoms with van der Waals surface area (Å²) >= 11 is 0. The second-order valence-electron chi connectivity index (χ2n) is 12.2. The predicted octanol–water partition coefficient (Wildman–Crippen LogP) is 9.61. The number of hydrogen-bond acceptors (Lipinski definition) is 2. The van der Waals surface area contributed by atoms with Gasteiger partial charge >= 0.3 is 0 Å². The van der Waals surface area contributed by atoms with Crippen molar-refractivity contribution in [1.29, 1.82) is 0 Å². The van der Waals surface area contributed by atoms with E-state index in [1.807, 2.05) is 12.1 Å².